The van der Waals surface area contributed by atoms with E-state index in [9.17, 15) is 9.90 Å². The minimum atomic E-state index is -0.468. The fourth-order valence-corrected chi connectivity index (χ4v) is 1.68. The van der Waals surface area contributed by atoms with E-state index in [1.54, 1.807) is 0 Å². The summed E-state index contributed by atoms with van der Waals surface area (Å²) in [7, 11) is 0. The normalized spacial score (nSPS) is 24.4. The molecular weight excluding hydrogens is 232 g/mol. The van der Waals surface area contributed by atoms with Gasteiger partial charge in [0.15, 0.2) is 0 Å². The maximum Gasteiger partial charge on any atom is 0.242 e. The lowest BCUT2D eigenvalue weighted by molar-refractivity contribution is -0.117. The van der Waals surface area contributed by atoms with Crippen LogP contribution in [-0.4, -0.2) is 39.7 Å². The van der Waals surface area contributed by atoms with Gasteiger partial charge in [0.25, 0.3) is 0 Å². The highest BCUT2D eigenvalue weighted by atomic mass is 35.5. The SMILES string of the molecule is O=C(Nc1cc(Cl)ncn1)C1CC(O)CN1. The van der Waals surface area contributed by atoms with E-state index in [2.05, 4.69) is 20.6 Å². The molecule has 0 bridgehead atoms. The average Bonchev–Trinajstić information content (AvgIpc) is 2.65. The Hall–Kier alpha value is -1.24. The first-order chi connectivity index (χ1) is 7.65. The molecule has 16 heavy (non-hydrogen) atoms. The van der Waals surface area contributed by atoms with E-state index in [1.165, 1.54) is 12.4 Å². The molecule has 1 aromatic rings. The van der Waals surface area contributed by atoms with Crippen LogP contribution in [0.2, 0.25) is 5.15 Å². The summed E-state index contributed by atoms with van der Waals surface area (Å²) in [6, 6.07) is 1.08. The molecule has 2 atom stereocenters. The van der Waals surface area contributed by atoms with E-state index in [0.29, 0.717) is 18.8 Å². The second kappa shape index (κ2) is 4.73. The summed E-state index contributed by atoms with van der Waals surface area (Å²) >= 11 is 5.65. The summed E-state index contributed by atoms with van der Waals surface area (Å²) < 4.78 is 0. The van der Waals surface area contributed by atoms with Crippen LogP contribution in [0.4, 0.5) is 5.82 Å². The third kappa shape index (κ3) is 2.66. The van der Waals surface area contributed by atoms with Crippen LogP contribution in [-0.2, 0) is 4.79 Å². The predicted molar refractivity (Wildman–Crippen MR) is 58.1 cm³/mol. The molecule has 6 nitrogen and oxygen atoms in total. The van der Waals surface area contributed by atoms with Gasteiger partial charge >= 0.3 is 0 Å². The van der Waals surface area contributed by atoms with Gasteiger partial charge < -0.3 is 15.7 Å². The predicted octanol–water partition coefficient (Wildman–Crippen LogP) is -0.209. The number of amides is 1. The molecule has 86 valence electrons. The molecular formula is C9H11ClN4O2. The highest BCUT2D eigenvalue weighted by Crippen LogP contribution is 2.11. The van der Waals surface area contributed by atoms with Gasteiger partial charge in [-0.15, -0.1) is 0 Å². The van der Waals surface area contributed by atoms with E-state index >= 15 is 0 Å². The number of carbonyl (C=O) groups is 1. The van der Waals surface area contributed by atoms with Crippen LogP contribution < -0.4 is 10.6 Å². The Balaban J connectivity index is 1.97. The number of aliphatic hydroxyl groups excluding tert-OH is 1. The Morgan fingerprint density at radius 3 is 3.06 bits per heavy atom. The second-order valence-corrected chi connectivity index (χ2v) is 3.95. The summed E-state index contributed by atoms with van der Waals surface area (Å²) in [5, 5.41) is 15.0. The smallest absolute Gasteiger partial charge is 0.242 e. The van der Waals surface area contributed by atoms with Crippen LogP contribution in [0.15, 0.2) is 12.4 Å². The van der Waals surface area contributed by atoms with E-state index in [4.69, 9.17) is 11.6 Å². The van der Waals surface area contributed by atoms with E-state index in [-0.39, 0.29) is 17.1 Å². The minimum absolute atomic E-state index is 0.230. The zero-order valence-electron chi connectivity index (χ0n) is 8.35. The number of aliphatic hydroxyl groups is 1. The van der Waals surface area contributed by atoms with Gasteiger partial charge in [0.05, 0.1) is 12.1 Å². The highest BCUT2D eigenvalue weighted by Gasteiger charge is 2.28. The molecule has 7 heteroatoms. The number of nitrogens with zero attached hydrogens (tertiary/aromatic N) is 2. The first kappa shape index (κ1) is 11.3. The summed E-state index contributed by atoms with van der Waals surface area (Å²) in [6.07, 6.45) is 1.21. The second-order valence-electron chi connectivity index (χ2n) is 3.57. The lowest BCUT2D eigenvalue weighted by Gasteiger charge is -2.09. The Labute approximate surface area is 97.0 Å². The monoisotopic (exact) mass is 242 g/mol. The number of β-amino-alcohol motifs (C(OH)–C–C–N with tert-alkyl or cyclic N) is 1. The van der Waals surface area contributed by atoms with Crippen molar-refractivity contribution in [1.82, 2.24) is 15.3 Å². The molecule has 0 aliphatic carbocycles. The number of halogens is 1. The standard InChI is InChI=1S/C9H11ClN4O2/c10-7-2-8(13-4-12-7)14-9(16)6-1-5(15)3-11-6/h2,4-6,11,15H,1,3H2,(H,12,13,14,16). The Kier molecular flexibility index (Phi) is 3.33. The minimum Gasteiger partial charge on any atom is -0.392 e. The molecule has 0 spiro atoms. The number of aromatic nitrogens is 2. The third-order valence-corrected chi connectivity index (χ3v) is 2.52. The lowest BCUT2D eigenvalue weighted by Crippen LogP contribution is -2.35. The summed E-state index contributed by atoms with van der Waals surface area (Å²) in [6.45, 7) is 0.433. The maximum atomic E-state index is 11.7. The molecule has 1 aromatic heterocycles. The van der Waals surface area contributed by atoms with Gasteiger partial charge in [0.1, 0.15) is 17.3 Å². The fraction of sp³-hybridized carbons (Fsp3) is 0.444. The number of hydrogen-bond acceptors (Lipinski definition) is 5. The van der Waals surface area contributed by atoms with Crippen molar-refractivity contribution in [1.29, 1.82) is 0 Å². The molecule has 1 amide bonds. The summed E-state index contributed by atoms with van der Waals surface area (Å²) in [5.41, 5.74) is 0. The fourth-order valence-electron chi connectivity index (χ4n) is 1.53. The number of hydrogen-bond donors (Lipinski definition) is 3. The lowest BCUT2D eigenvalue weighted by atomic mass is 10.2. The van der Waals surface area contributed by atoms with Gasteiger partial charge in [-0.1, -0.05) is 11.6 Å². The van der Waals surface area contributed by atoms with Crippen molar-refractivity contribution in [2.75, 3.05) is 11.9 Å². The van der Waals surface area contributed by atoms with Crippen molar-refractivity contribution in [3.05, 3.63) is 17.5 Å². The van der Waals surface area contributed by atoms with Crippen LogP contribution in [0.3, 0.4) is 0 Å². The van der Waals surface area contributed by atoms with Gasteiger partial charge in [0, 0.05) is 12.6 Å². The van der Waals surface area contributed by atoms with Crippen molar-refractivity contribution in [2.24, 2.45) is 0 Å². The number of carbonyl (C=O) groups excluding carboxylic acids is 1. The van der Waals surface area contributed by atoms with Crippen molar-refractivity contribution < 1.29 is 9.90 Å². The largest absolute Gasteiger partial charge is 0.392 e. The molecule has 0 aromatic carbocycles. The topological polar surface area (TPSA) is 87.1 Å². The molecule has 1 aliphatic rings. The van der Waals surface area contributed by atoms with Crippen LogP contribution >= 0.6 is 11.6 Å². The number of nitrogens with one attached hydrogen (secondary N) is 2. The Morgan fingerprint density at radius 1 is 1.62 bits per heavy atom. The molecule has 1 saturated heterocycles. The van der Waals surface area contributed by atoms with E-state index in [0.717, 1.165) is 0 Å². The van der Waals surface area contributed by atoms with E-state index in [1.807, 2.05) is 0 Å². The molecule has 2 rings (SSSR count). The van der Waals surface area contributed by atoms with Crippen LogP contribution in [0.25, 0.3) is 0 Å². The number of anilines is 1. The molecule has 0 saturated carbocycles. The maximum absolute atomic E-state index is 11.7. The van der Waals surface area contributed by atoms with E-state index < -0.39 is 6.10 Å². The summed E-state index contributed by atoms with van der Waals surface area (Å²) in [4.78, 5) is 19.2. The van der Waals surface area contributed by atoms with Crippen molar-refractivity contribution >= 4 is 23.3 Å². The van der Waals surface area contributed by atoms with Gasteiger partial charge in [-0.3, -0.25) is 4.79 Å². The van der Waals surface area contributed by atoms with Crippen molar-refractivity contribution in [2.45, 2.75) is 18.6 Å². The molecule has 3 N–H and O–H groups in total. The van der Waals surface area contributed by atoms with Gasteiger partial charge in [-0.05, 0) is 6.42 Å². The average molecular weight is 243 g/mol. The quantitative estimate of drug-likeness (QED) is 0.625. The van der Waals surface area contributed by atoms with Crippen LogP contribution in [0, 0.1) is 0 Å². The van der Waals surface area contributed by atoms with Gasteiger partial charge in [-0.25, -0.2) is 9.97 Å². The van der Waals surface area contributed by atoms with Crippen LogP contribution in [0.1, 0.15) is 6.42 Å². The van der Waals surface area contributed by atoms with Gasteiger partial charge in [-0.2, -0.15) is 0 Å². The molecule has 0 radical (unpaired) electrons. The molecule has 1 aliphatic heterocycles. The van der Waals surface area contributed by atoms with Crippen molar-refractivity contribution in [3.63, 3.8) is 0 Å². The summed E-state index contributed by atoms with van der Waals surface area (Å²) in [5.74, 6) is 0.125. The zero-order chi connectivity index (χ0) is 11.5. The molecule has 2 heterocycles. The first-order valence-corrected chi connectivity index (χ1v) is 5.23. The first-order valence-electron chi connectivity index (χ1n) is 4.85. The number of rotatable bonds is 2. The van der Waals surface area contributed by atoms with Gasteiger partial charge in [0.2, 0.25) is 5.91 Å². The highest BCUT2D eigenvalue weighted by molar-refractivity contribution is 6.29. The molecule has 2 unspecified atom stereocenters. The molecule has 1 fully saturated rings. The Morgan fingerprint density at radius 2 is 2.44 bits per heavy atom. The van der Waals surface area contributed by atoms with Crippen molar-refractivity contribution in [3.8, 4) is 0 Å². The van der Waals surface area contributed by atoms with Crippen LogP contribution in [0.5, 0.6) is 0 Å². The zero-order valence-corrected chi connectivity index (χ0v) is 9.11. The third-order valence-electron chi connectivity index (χ3n) is 2.31. The Bertz CT molecular complexity index is 401.